The molecule has 2 aromatic carbocycles. The van der Waals surface area contributed by atoms with Gasteiger partial charge in [0.15, 0.2) is 0 Å². The van der Waals surface area contributed by atoms with Crippen molar-refractivity contribution in [2.45, 2.75) is 38.4 Å². The summed E-state index contributed by atoms with van der Waals surface area (Å²) in [5.74, 6) is 1.85. The van der Waals surface area contributed by atoms with Gasteiger partial charge in [-0.05, 0) is 49.2 Å². The molecule has 3 aromatic rings. The van der Waals surface area contributed by atoms with Crippen molar-refractivity contribution in [3.05, 3.63) is 71.9 Å². The molecule has 0 bridgehead atoms. The standard InChI is InChI=1S/C26H31FN4O/c1-3-30-14-15-31-24(21-7-5-8-22(27)17-21)18-28-25(31)26(30)10-12-29(13-11-26)19-20-6-4-9-23(16-20)32-2/h4-9,16-18H,3,10-15,19H2,1-2H3. The molecule has 1 spiro atoms. The van der Waals surface area contributed by atoms with Gasteiger partial charge in [-0.15, -0.1) is 0 Å². The van der Waals surface area contributed by atoms with E-state index in [2.05, 4.69) is 39.5 Å². The smallest absolute Gasteiger partial charge is 0.129 e. The summed E-state index contributed by atoms with van der Waals surface area (Å²) in [5.41, 5.74) is 3.16. The second-order valence-corrected chi connectivity index (χ2v) is 8.87. The molecule has 168 valence electrons. The summed E-state index contributed by atoms with van der Waals surface area (Å²) in [4.78, 5) is 10.1. The molecule has 2 aliphatic rings. The number of rotatable bonds is 5. The van der Waals surface area contributed by atoms with Crippen LogP contribution in [0.2, 0.25) is 0 Å². The van der Waals surface area contributed by atoms with Crippen LogP contribution in [0.3, 0.4) is 0 Å². The zero-order valence-corrected chi connectivity index (χ0v) is 18.9. The number of nitrogens with zero attached hydrogens (tertiary/aromatic N) is 4. The van der Waals surface area contributed by atoms with Crippen molar-refractivity contribution >= 4 is 0 Å². The highest BCUT2D eigenvalue weighted by atomic mass is 19.1. The van der Waals surface area contributed by atoms with Crippen molar-refractivity contribution in [3.8, 4) is 17.0 Å². The minimum Gasteiger partial charge on any atom is -0.497 e. The molecule has 32 heavy (non-hydrogen) atoms. The Morgan fingerprint density at radius 3 is 2.59 bits per heavy atom. The minimum absolute atomic E-state index is 0.0521. The molecule has 0 amide bonds. The lowest BCUT2D eigenvalue weighted by atomic mass is 9.83. The number of benzene rings is 2. The molecule has 0 saturated carbocycles. The van der Waals surface area contributed by atoms with E-state index in [0.717, 1.165) is 74.9 Å². The topological polar surface area (TPSA) is 33.5 Å². The van der Waals surface area contributed by atoms with E-state index in [4.69, 9.17) is 9.72 Å². The van der Waals surface area contributed by atoms with Crippen molar-refractivity contribution in [2.75, 3.05) is 33.3 Å². The molecule has 5 nitrogen and oxygen atoms in total. The van der Waals surface area contributed by atoms with Crippen LogP contribution in [0, 0.1) is 5.82 Å². The van der Waals surface area contributed by atoms with Crippen LogP contribution in [0.25, 0.3) is 11.3 Å². The first-order valence-corrected chi connectivity index (χ1v) is 11.6. The van der Waals surface area contributed by atoms with Crippen LogP contribution >= 0.6 is 0 Å². The van der Waals surface area contributed by atoms with E-state index in [1.165, 1.54) is 11.6 Å². The average molecular weight is 435 g/mol. The predicted molar refractivity (Wildman–Crippen MR) is 124 cm³/mol. The summed E-state index contributed by atoms with van der Waals surface area (Å²) in [6.45, 7) is 8.13. The molecule has 2 aliphatic heterocycles. The molecular formula is C26H31FN4O. The monoisotopic (exact) mass is 434 g/mol. The number of piperidine rings is 1. The molecular weight excluding hydrogens is 403 g/mol. The van der Waals surface area contributed by atoms with E-state index < -0.39 is 0 Å². The second-order valence-electron chi connectivity index (χ2n) is 8.87. The number of methoxy groups -OCH3 is 1. The van der Waals surface area contributed by atoms with Crippen LogP contribution in [0.4, 0.5) is 4.39 Å². The van der Waals surface area contributed by atoms with Crippen molar-refractivity contribution in [1.29, 1.82) is 0 Å². The van der Waals surface area contributed by atoms with Crippen LogP contribution in [-0.2, 0) is 18.6 Å². The number of likely N-dealkylation sites (N-methyl/N-ethyl adjacent to an activating group) is 1. The molecule has 6 heteroatoms. The fraction of sp³-hybridized carbons (Fsp3) is 0.423. The second kappa shape index (κ2) is 8.68. The number of imidazole rings is 1. The molecule has 1 fully saturated rings. The molecule has 3 heterocycles. The Hall–Kier alpha value is -2.70. The fourth-order valence-electron chi connectivity index (χ4n) is 5.54. The Morgan fingerprint density at radius 2 is 1.84 bits per heavy atom. The first kappa shape index (κ1) is 21.2. The Balaban J connectivity index is 1.40. The fourth-order valence-corrected chi connectivity index (χ4v) is 5.54. The van der Waals surface area contributed by atoms with Gasteiger partial charge in [-0.2, -0.15) is 0 Å². The highest BCUT2D eigenvalue weighted by Gasteiger charge is 2.46. The Labute approximate surface area is 189 Å². The molecule has 1 saturated heterocycles. The molecule has 0 atom stereocenters. The molecule has 1 aromatic heterocycles. The highest BCUT2D eigenvalue weighted by molar-refractivity contribution is 5.60. The summed E-state index contributed by atoms with van der Waals surface area (Å²) in [6, 6.07) is 15.2. The first-order valence-electron chi connectivity index (χ1n) is 11.6. The summed E-state index contributed by atoms with van der Waals surface area (Å²) < 4.78 is 21.6. The maximum absolute atomic E-state index is 13.9. The third kappa shape index (κ3) is 3.71. The van der Waals surface area contributed by atoms with Gasteiger partial charge in [-0.1, -0.05) is 31.2 Å². The quantitative estimate of drug-likeness (QED) is 0.591. The number of hydrogen-bond acceptors (Lipinski definition) is 4. The first-order chi connectivity index (χ1) is 15.6. The number of aromatic nitrogens is 2. The van der Waals surface area contributed by atoms with Gasteiger partial charge in [0.25, 0.3) is 0 Å². The van der Waals surface area contributed by atoms with Crippen molar-refractivity contribution in [1.82, 2.24) is 19.4 Å². The summed E-state index contributed by atoms with van der Waals surface area (Å²) in [7, 11) is 1.71. The van der Waals surface area contributed by atoms with Gasteiger partial charge >= 0.3 is 0 Å². The largest absolute Gasteiger partial charge is 0.497 e. The van der Waals surface area contributed by atoms with Crippen LogP contribution in [-0.4, -0.2) is 52.6 Å². The zero-order chi connectivity index (χ0) is 22.1. The molecule has 0 unspecified atom stereocenters. The average Bonchev–Trinajstić information content (AvgIpc) is 3.26. The van der Waals surface area contributed by atoms with Gasteiger partial charge in [0, 0.05) is 38.3 Å². The predicted octanol–water partition coefficient (Wildman–Crippen LogP) is 4.52. The maximum atomic E-state index is 13.9. The van der Waals surface area contributed by atoms with E-state index in [9.17, 15) is 4.39 Å². The van der Waals surface area contributed by atoms with Crippen LogP contribution < -0.4 is 4.74 Å². The maximum Gasteiger partial charge on any atom is 0.129 e. The zero-order valence-electron chi connectivity index (χ0n) is 18.9. The lowest BCUT2D eigenvalue weighted by molar-refractivity contribution is -0.00773. The van der Waals surface area contributed by atoms with Gasteiger partial charge in [-0.3, -0.25) is 9.80 Å². The van der Waals surface area contributed by atoms with Crippen LogP contribution in [0.1, 0.15) is 31.2 Å². The van der Waals surface area contributed by atoms with Crippen molar-refractivity contribution in [2.24, 2.45) is 0 Å². The normalized spacial score (nSPS) is 18.6. The van der Waals surface area contributed by atoms with E-state index >= 15 is 0 Å². The Morgan fingerprint density at radius 1 is 1.03 bits per heavy atom. The highest BCUT2D eigenvalue weighted by Crippen LogP contribution is 2.42. The number of halogens is 1. The Bertz CT molecular complexity index is 1090. The van der Waals surface area contributed by atoms with Gasteiger partial charge in [-0.25, -0.2) is 9.37 Å². The number of likely N-dealkylation sites (tertiary alicyclic amines) is 1. The lowest BCUT2D eigenvalue weighted by Crippen LogP contribution is -2.57. The summed E-state index contributed by atoms with van der Waals surface area (Å²) >= 11 is 0. The SMILES string of the molecule is CCN1CCn2c(-c3cccc(F)c3)cnc2C12CCN(Cc1cccc(OC)c1)CC2. The molecule has 0 N–H and O–H groups in total. The summed E-state index contributed by atoms with van der Waals surface area (Å²) in [5, 5.41) is 0. The lowest BCUT2D eigenvalue weighted by Gasteiger charge is -2.51. The molecule has 0 radical (unpaired) electrons. The third-order valence-electron chi connectivity index (χ3n) is 7.20. The van der Waals surface area contributed by atoms with Crippen LogP contribution in [0.5, 0.6) is 5.75 Å². The van der Waals surface area contributed by atoms with Crippen molar-refractivity contribution in [3.63, 3.8) is 0 Å². The van der Waals surface area contributed by atoms with Crippen LogP contribution in [0.15, 0.2) is 54.7 Å². The van der Waals surface area contributed by atoms with Gasteiger partial charge < -0.3 is 9.30 Å². The van der Waals surface area contributed by atoms with Gasteiger partial charge in [0.2, 0.25) is 0 Å². The molecule has 5 rings (SSSR count). The third-order valence-corrected chi connectivity index (χ3v) is 7.20. The van der Waals surface area contributed by atoms with Gasteiger partial charge in [0.1, 0.15) is 17.4 Å². The van der Waals surface area contributed by atoms with E-state index in [0.29, 0.717) is 0 Å². The number of hydrogen-bond donors (Lipinski definition) is 0. The van der Waals surface area contributed by atoms with Crippen molar-refractivity contribution < 1.29 is 9.13 Å². The summed E-state index contributed by atoms with van der Waals surface area (Å²) in [6.07, 6.45) is 4.03. The van der Waals surface area contributed by atoms with E-state index in [1.807, 2.05) is 18.3 Å². The van der Waals surface area contributed by atoms with E-state index in [-0.39, 0.29) is 11.4 Å². The Kier molecular flexibility index (Phi) is 5.74. The van der Waals surface area contributed by atoms with E-state index in [1.54, 1.807) is 19.2 Å². The molecule has 0 aliphatic carbocycles. The number of fused-ring (bicyclic) bond motifs is 2. The minimum atomic E-state index is -0.204. The number of ether oxygens (including phenoxy) is 1. The van der Waals surface area contributed by atoms with Gasteiger partial charge in [0.05, 0.1) is 24.5 Å².